The van der Waals surface area contributed by atoms with Crippen molar-refractivity contribution in [3.8, 4) is 0 Å². The van der Waals surface area contributed by atoms with Crippen molar-refractivity contribution in [2.45, 2.75) is 18.9 Å². The smallest absolute Gasteiger partial charge is 0.0561 e. The van der Waals surface area contributed by atoms with Crippen LogP contribution in [-0.2, 0) is 4.74 Å². The lowest BCUT2D eigenvalue weighted by atomic mass is 9.93. The molecule has 1 aliphatic rings. The Hall–Kier alpha value is -0.0900. The third-order valence-electron chi connectivity index (χ3n) is 2.65. The van der Waals surface area contributed by atoms with E-state index in [1.165, 1.54) is 0 Å². The fourth-order valence-electron chi connectivity index (χ4n) is 1.81. The summed E-state index contributed by atoms with van der Waals surface area (Å²) < 4.78 is 5.42. The molecular weight excluding hydrogens is 218 g/mol. The first-order valence-electron chi connectivity index (χ1n) is 4.85. The van der Waals surface area contributed by atoms with Crippen molar-refractivity contribution in [2.75, 3.05) is 13.2 Å². The number of ether oxygens (including phenoxy) is 1. The predicted octanol–water partition coefficient (Wildman–Crippen LogP) is 2.83. The average molecular weight is 232 g/mol. The molecule has 14 heavy (non-hydrogen) atoms. The molecule has 0 aromatic carbocycles. The predicted molar refractivity (Wildman–Crippen MR) is 59.8 cm³/mol. The summed E-state index contributed by atoms with van der Waals surface area (Å²) in [6.45, 7) is 1.65. The molecule has 4 heteroatoms. The number of hydrogen-bond donors (Lipinski definition) is 1. The largest absolute Gasteiger partial charge is 0.381 e. The average Bonchev–Trinajstić information content (AvgIpc) is 2.65. The summed E-state index contributed by atoms with van der Waals surface area (Å²) in [5, 5.41) is 2.79. The second-order valence-corrected chi connectivity index (χ2v) is 4.99. The Kier molecular flexibility index (Phi) is 3.44. The highest BCUT2D eigenvalue weighted by Gasteiger charge is 2.24. The van der Waals surface area contributed by atoms with E-state index in [-0.39, 0.29) is 6.04 Å². The Morgan fingerprint density at radius 3 is 3.07 bits per heavy atom. The van der Waals surface area contributed by atoms with E-state index in [1.807, 2.05) is 11.4 Å². The molecule has 0 amide bonds. The molecule has 1 fully saturated rings. The normalized spacial score (nSPS) is 24.9. The Morgan fingerprint density at radius 2 is 2.50 bits per heavy atom. The van der Waals surface area contributed by atoms with E-state index >= 15 is 0 Å². The zero-order valence-electron chi connectivity index (χ0n) is 7.91. The van der Waals surface area contributed by atoms with Crippen LogP contribution in [0.15, 0.2) is 11.4 Å². The minimum atomic E-state index is 0.0443. The second kappa shape index (κ2) is 4.62. The lowest BCUT2D eigenvalue weighted by molar-refractivity contribution is 0.0452. The summed E-state index contributed by atoms with van der Waals surface area (Å²) >= 11 is 7.68. The maximum Gasteiger partial charge on any atom is 0.0561 e. The molecule has 2 N–H and O–H groups in total. The number of rotatable bonds is 2. The van der Waals surface area contributed by atoms with Gasteiger partial charge in [0.2, 0.25) is 0 Å². The first-order chi connectivity index (χ1) is 6.79. The fraction of sp³-hybridized carbons (Fsp3) is 0.600. The number of halogens is 1. The summed E-state index contributed by atoms with van der Waals surface area (Å²) in [6.07, 6.45) is 2.26. The molecule has 0 aliphatic carbocycles. The molecule has 1 saturated heterocycles. The lowest BCUT2D eigenvalue weighted by Crippen LogP contribution is -2.28. The molecule has 2 nitrogen and oxygen atoms in total. The molecule has 78 valence electrons. The van der Waals surface area contributed by atoms with Crippen LogP contribution in [0.3, 0.4) is 0 Å². The highest BCUT2D eigenvalue weighted by molar-refractivity contribution is 7.10. The van der Waals surface area contributed by atoms with Crippen LogP contribution >= 0.6 is 22.9 Å². The summed E-state index contributed by atoms with van der Waals surface area (Å²) in [5.74, 6) is 0.430. The van der Waals surface area contributed by atoms with Gasteiger partial charge in [0.15, 0.2) is 0 Å². The van der Waals surface area contributed by atoms with Gasteiger partial charge in [-0.1, -0.05) is 11.6 Å². The number of nitrogens with two attached hydrogens (primary N) is 1. The fourth-order valence-corrected chi connectivity index (χ4v) is 3.08. The van der Waals surface area contributed by atoms with E-state index in [9.17, 15) is 0 Å². The third-order valence-corrected chi connectivity index (χ3v) is 4.11. The quantitative estimate of drug-likeness (QED) is 0.850. The van der Waals surface area contributed by atoms with Crippen LogP contribution in [0, 0.1) is 5.92 Å². The van der Waals surface area contributed by atoms with Crippen molar-refractivity contribution in [1.29, 1.82) is 0 Å². The van der Waals surface area contributed by atoms with E-state index in [1.54, 1.807) is 11.3 Å². The summed E-state index contributed by atoms with van der Waals surface area (Å²) in [6, 6.07) is 1.95. The highest BCUT2D eigenvalue weighted by atomic mass is 35.5. The Morgan fingerprint density at radius 1 is 1.64 bits per heavy atom. The van der Waals surface area contributed by atoms with Crippen molar-refractivity contribution >= 4 is 22.9 Å². The zero-order chi connectivity index (χ0) is 9.97. The van der Waals surface area contributed by atoms with Crippen molar-refractivity contribution in [2.24, 2.45) is 11.7 Å². The topological polar surface area (TPSA) is 35.2 Å². The Labute approximate surface area is 93.0 Å². The minimum Gasteiger partial charge on any atom is -0.381 e. The van der Waals surface area contributed by atoms with Gasteiger partial charge in [0.05, 0.1) is 11.6 Å². The SMILES string of the molecule is NC(c1sccc1Cl)C1CCCOC1. The number of thiophene rings is 1. The molecule has 2 unspecified atom stereocenters. The van der Waals surface area contributed by atoms with E-state index in [4.69, 9.17) is 22.1 Å². The van der Waals surface area contributed by atoms with Crippen LogP contribution in [0.5, 0.6) is 0 Å². The molecule has 1 aromatic heterocycles. The van der Waals surface area contributed by atoms with E-state index in [2.05, 4.69) is 0 Å². The van der Waals surface area contributed by atoms with Gasteiger partial charge in [0.1, 0.15) is 0 Å². The van der Waals surface area contributed by atoms with Crippen LogP contribution in [0.2, 0.25) is 5.02 Å². The van der Waals surface area contributed by atoms with Crippen LogP contribution in [0.1, 0.15) is 23.8 Å². The molecule has 0 spiro atoms. The van der Waals surface area contributed by atoms with Gasteiger partial charge in [0, 0.05) is 23.4 Å². The van der Waals surface area contributed by atoms with Crippen molar-refractivity contribution in [3.05, 3.63) is 21.3 Å². The maximum atomic E-state index is 6.16. The molecule has 2 atom stereocenters. The Bertz CT molecular complexity index is 296. The molecule has 0 bridgehead atoms. The van der Waals surface area contributed by atoms with Crippen molar-refractivity contribution in [1.82, 2.24) is 0 Å². The van der Waals surface area contributed by atoms with Gasteiger partial charge in [-0.25, -0.2) is 0 Å². The van der Waals surface area contributed by atoms with Gasteiger partial charge in [-0.15, -0.1) is 11.3 Å². The van der Waals surface area contributed by atoms with Gasteiger partial charge < -0.3 is 10.5 Å². The molecule has 0 radical (unpaired) electrons. The Balaban J connectivity index is 2.07. The van der Waals surface area contributed by atoms with Crippen LogP contribution in [0.4, 0.5) is 0 Å². The monoisotopic (exact) mass is 231 g/mol. The first-order valence-corrected chi connectivity index (χ1v) is 6.11. The van der Waals surface area contributed by atoms with Crippen LogP contribution in [0.25, 0.3) is 0 Å². The third kappa shape index (κ3) is 2.11. The zero-order valence-corrected chi connectivity index (χ0v) is 9.48. The molecule has 1 aliphatic heterocycles. The maximum absolute atomic E-state index is 6.16. The number of hydrogen-bond acceptors (Lipinski definition) is 3. The summed E-state index contributed by atoms with van der Waals surface area (Å²) in [7, 11) is 0. The van der Waals surface area contributed by atoms with Gasteiger partial charge >= 0.3 is 0 Å². The standard InChI is InChI=1S/C10H14ClNOS/c11-8-3-5-14-10(8)9(12)7-2-1-4-13-6-7/h3,5,7,9H,1-2,4,6,12H2. The molecule has 2 heterocycles. The van der Waals surface area contributed by atoms with Gasteiger partial charge in [0.25, 0.3) is 0 Å². The van der Waals surface area contributed by atoms with E-state index in [0.717, 1.165) is 36.0 Å². The van der Waals surface area contributed by atoms with E-state index < -0.39 is 0 Å². The molecule has 2 rings (SSSR count). The van der Waals surface area contributed by atoms with E-state index in [0.29, 0.717) is 5.92 Å². The molecule has 0 saturated carbocycles. The second-order valence-electron chi connectivity index (χ2n) is 3.64. The van der Waals surface area contributed by atoms with Gasteiger partial charge in [-0.05, 0) is 24.3 Å². The molecular formula is C10H14ClNOS. The summed E-state index contributed by atoms with van der Waals surface area (Å²) in [4.78, 5) is 1.10. The minimum absolute atomic E-state index is 0.0443. The summed E-state index contributed by atoms with van der Waals surface area (Å²) in [5.41, 5.74) is 6.16. The van der Waals surface area contributed by atoms with Crippen molar-refractivity contribution < 1.29 is 4.74 Å². The van der Waals surface area contributed by atoms with Crippen LogP contribution < -0.4 is 5.73 Å². The highest BCUT2D eigenvalue weighted by Crippen LogP contribution is 2.34. The lowest BCUT2D eigenvalue weighted by Gasteiger charge is -2.27. The molecule has 1 aromatic rings. The van der Waals surface area contributed by atoms with Gasteiger partial charge in [-0.2, -0.15) is 0 Å². The van der Waals surface area contributed by atoms with Gasteiger partial charge in [-0.3, -0.25) is 0 Å². The van der Waals surface area contributed by atoms with Crippen LogP contribution in [-0.4, -0.2) is 13.2 Å². The first kappa shape index (κ1) is 10.4. The van der Waals surface area contributed by atoms with Crippen molar-refractivity contribution in [3.63, 3.8) is 0 Å².